The van der Waals surface area contributed by atoms with Crippen LogP contribution in [0.15, 0.2) is 0 Å². The minimum Gasteiger partial charge on any atom is -0.394 e. The number of nitrogens with zero attached hydrogens (tertiary/aromatic N) is 1. The Morgan fingerprint density at radius 2 is 2.00 bits per heavy atom. The molecule has 0 radical (unpaired) electrons. The molecule has 0 aliphatic heterocycles. The topological polar surface area (TPSA) is 58.7 Å². The van der Waals surface area contributed by atoms with Crippen LogP contribution in [-0.2, 0) is 4.74 Å². The number of rotatable bonds is 10. The van der Waals surface area contributed by atoms with Crippen LogP contribution in [0.25, 0.3) is 0 Å². The van der Waals surface area contributed by atoms with Gasteiger partial charge in [-0.15, -0.1) is 0 Å². The molecule has 0 saturated carbocycles. The molecule has 0 heterocycles. The minimum atomic E-state index is 0.104. The smallest absolute Gasteiger partial charge is 0.0698 e. The van der Waals surface area contributed by atoms with Gasteiger partial charge in [-0.3, -0.25) is 0 Å². The van der Waals surface area contributed by atoms with Gasteiger partial charge in [-0.25, -0.2) is 0 Å². The number of hydrogen-bond acceptors (Lipinski definition) is 4. The first kappa shape index (κ1) is 14.8. The van der Waals surface area contributed by atoms with E-state index in [4.69, 9.17) is 15.6 Å². The Kier molecular flexibility index (Phi) is 10.3. The van der Waals surface area contributed by atoms with Crippen LogP contribution in [0.4, 0.5) is 0 Å². The van der Waals surface area contributed by atoms with Gasteiger partial charge in [0, 0.05) is 13.1 Å². The highest BCUT2D eigenvalue weighted by molar-refractivity contribution is 4.60. The summed E-state index contributed by atoms with van der Waals surface area (Å²) in [5.41, 5.74) is 5.49. The summed E-state index contributed by atoms with van der Waals surface area (Å²) >= 11 is 0. The van der Waals surface area contributed by atoms with Gasteiger partial charge in [-0.05, 0) is 25.4 Å². The molecule has 0 unspecified atom stereocenters. The molecular formula is C11H26N2O2. The van der Waals surface area contributed by atoms with Crippen molar-refractivity contribution in [1.82, 2.24) is 4.90 Å². The van der Waals surface area contributed by atoms with E-state index in [-0.39, 0.29) is 6.61 Å². The zero-order chi connectivity index (χ0) is 11.5. The second kappa shape index (κ2) is 10.4. The molecule has 0 saturated heterocycles. The summed E-state index contributed by atoms with van der Waals surface area (Å²) in [6.45, 7) is 9.45. The summed E-state index contributed by atoms with van der Waals surface area (Å²) in [4.78, 5) is 2.37. The summed E-state index contributed by atoms with van der Waals surface area (Å²) in [5, 5.41) is 8.56. The maximum atomic E-state index is 8.56. The third-order valence-electron chi connectivity index (χ3n) is 2.09. The van der Waals surface area contributed by atoms with E-state index in [1.54, 1.807) is 0 Å². The van der Waals surface area contributed by atoms with Crippen LogP contribution < -0.4 is 5.73 Å². The Bertz CT molecular complexity index is 132. The van der Waals surface area contributed by atoms with Crippen molar-refractivity contribution in [1.29, 1.82) is 0 Å². The van der Waals surface area contributed by atoms with Gasteiger partial charge in [0.15, 0.2) is 0 Å². The van der Waals surface area contributed by atoms with Gasteiger partial charge in [0.2, 0.25) is 0 Å². The van der Waals surface area contributed by atoms with Crippen molar-refractivity contribution in [2.75, 3.05) is 46.0 Å². The van der Waals surface area contributed by atoms with Crippen molar-refractivity contribution in [3.8, 4) is 0 Å². The summed E-state index contributed by atoms with van der Waals surface area (Å²) < 4.78 is 5.25. The van der Waals surface area contributed by atoms with Crippen LogP contribution in [0.1, 0.15) is 20.3 Å². The van der Waals surface area contributed by atoms with Crippen molar-refractivity contribution in [2.45, 2.75) is 20.3 Å². The molecule has 0 atom stereocenters. The van der Waals surface area contributed by atoms with Crippen LogP contribution in [0.2, 0.25) is 0 Å². The van der Waals surface area contributed by atoms with E-state index in [0.717, 1.165) is 32.6 Å². The number of ether oxygens (including phenoxy) is 1. The van der Waals surface area contributed by atoms with Crippen molar-refractivity contribution in [2.24, 2.45) is 11.7 Å². The molecule has 0 rings (SSSR count). The zero-order valence-corrected chi connectivity index (χ0v) is 10.1. The van der Waals surface area contributed by atoms with Crippen molar-refractivity contribution >= 4 is 0 Å². The Balaban J connectivity index is 3.59. The van der Waals surface area contributed by atoms with E-state index >= 15 is 0 Å². The molecule has 0 aromatic rings. The molecule has 0 aliphatic rings. The second-order valence-corrected chi connectivity index (χ2v) is 4.17. The van der Waals surface area contributed by atoms with Crippen molar-refractivity contribution in [3.63, 3.8) is 0 Å². The van der Waals surface area contributed by atoms with Gasteiger partial charge in [-0.1, -0.05) is 13.8 Å². The molecule has 4 nitrogen and oxygen atoms in total. The monoisotopic (exact) mass is 218 g/mol. The number of hydrogen-bond donors (Lipinski definition) is 2. The van der Waals surface area contributed by atoms with Gasteiger partial charge in [0.25, 0.3) is 0 Å². The molecule has 0 aromatic heterocycles. The first-order chi connectivity index (χ1) is 7.20. The van der Waals surface area contributed by atoms with E-state index in [1.807, 2.05) is 0 Å². The second-order valence-electron chi connectivity index (χ2n) is 4.17. The summed E-state index contributed by atoms with van der Waals surface area (Å²) in [7, 11) is 0. The average molecular weight is 218 g/mol. The summed E-state index contributed by atoms with van der Waals surface area (Å²) in [6, 6.07) is 0. The molecule has 0 aromatic carbocycles. The Hall–Kier alpha value is -0.160. The van der Waals surface area contributed by atoms with E-state index in [9.17, 15) is 0 Å². The largest absolute Gasteiger partial charge is 0.394 e. The molecule has 92 valence electrons. The molecule has 0 bridgehead atoms. The lowest BCUT2D eigenvalue weighted by molar-refractivity contribution is 0.0710. The van der Waals surface area contributed by atoms with Gasteiger partial charge >= 0.3 is 0 Å². The molecule has 4 heteroatoms. The highest BCUT2D eigenvalue weighted by Crippen LogP contribution is 1.99. The number of nitrogens with two attached hydrogens (primary N) is 1. The van der Waals surface area contributed by atoms with Crippen molar-refractivity contribution in [3.05, 3.63) is 0 Å². The van der Waals surface area contributed by atoms with Crippen LogP contribution in [-0.4, -0.2) is 56.0 Å². The van der Waals surface area contributed by atoms with Gasteiger partial charge < -0.3 is 20.5 Å². The maximum absolute atomic E-state index is 8.56. The molecule has 3 N–H and O–H groups in total. The highest BCUT2D eigenvalue weighted by atomic mass is 16.5. The molecule has 0 spiro atoms. The van der Waals surface area contributed by atoms with Crippen LogP contribution in [0.3, 0.4) is 0 Å². The Morgan fingerprint density at radius 1 is 1.27 bits per heavy atom. The lowest BCUT2D eigenvalue weighted by Crippen LogP contribution is -2.33. The van der Waals surface area contributed by atoms with Crippen molar-refractivity contribution < 1.29 is 9.84 Å². The molecule has 15 heavy (non-hydrogen) atoms. The predicted octanol–water partition coefficient (Wildman–Crippen LogP) is 0.302. The molecular weight excluding hydrogens is 192 g/mol. The number of aliphatic hydroxyl groups excluding tert-OH is 1. The lowest BCUT2D eigenvalue weighted by Gasteiger charge is -2.23. The Labute approximate surface area is 93.4 Å². The lowest BCUT2D eigenvalue weighted by atomic mass is 10.2. The first-order valence-electron chi connectivity index (χ1n) is 5.81. The van der Waals surface area contributed by atoms with Gasteiger partial charge in [0.1, 0.15) is 0 Å². The first-order valence-corrected chi connectivity index (χ1v) is 5.81. The third-order valence-corrected chi connectivity index (χ3v) is 2.09. The highest BCUT2D eigenvalue weighted by Gasteiger charge is 2.06. The fourth-order valence-electron chi connectivity index (χ4n) is 1.49. The van der Waals surface area contributed by atoms with E-state index in [2.05, 4.69) is 18.7 Å². The Morgan fingerprint density at radius 3 is 2.53 bits per heavy atom. The molecule has 0 amide bonds. The van der Waals surface area contributed by atoms with Gasteiger partial charge in [0.05, 0.1) is 19.8 Å². The summed E-state index contributed by atoms with van der Waals surface area (Å²) in [5.74, 6) is 0.667. The third kappa shape index (κ3) is 10.1. The fraction of sp³-hybridized carbons (Fsp3) is 1.00. The summed E-state index contributed by atoms with van der Waals surface area (Å²) in [6.07, 6.45) is 1.03. The number of aliphatic hydroxyl groups is 1. The molecule has 0 aliphatic carbocycles. The zero-order valence-electron chi connectivity index (χ0n) is 10.1. The van der Waals surface area contributed by atoms with Crippen LogP contribution in [0.5, 0.6) is 0 Å². The standard InChI is InChI=1S/C11H26N2O2/c1-11(2)10-13(5-3-4-12)6-8-15-9-7-14/h11,14H,3-10,12H2,1-2H3. The SMILES string of the molecule is CC(C)CN(CCCN)CCOCCO. The van der Waals surface area contributed by atoms with E-state index < -0.39 is 0 Å². The average Bonchev–Trinajstić information content (AvgIpc) is 2.19. The van der Waals surface area contributed by atoms with Crippen LogP contribution >= 0.6 is 0 Å². The normalized spacial score (nSPS) is 11.6. The maximum Gasteiger partial charge on any atom is 0.0698 e. The van der Waals surface area contributed by atoms with Gasteiger partial charge in [-0.2, -0.15) is 0 Å². The van der Waals surface area contributed by atoms with E-state index in [0.29, 0.717) is 19.1 Å². The minimum absolute atomic E-state index is 0.104. The fourth-order valence-corrected chi connectivity index (χ4v) is 1.49. The molecule has 0 fully saturated rings. The van der Waals surface area contributed by atoms with E-state index in [1.165, 1.54) is 0 Å². The van der Waals surface area contributed by atoms with Crippen LogP contribution in [0, 0.1) is 5.92 Å². The quantitative estimate of drug-likeness (QED) is 0.518. The predicted molar refractivity (Wildman–Crippen MR) is 62.9 cm³/mol.